The molecular formula is C16H16FN3O3. The number of rotatable bonds is 3. The highest BCUT2D eigenvalue weighted by atomic mass is 19.1. The number of piperidine rings is 1. The van der Waals surface area contributed by atoms with Crippen LogP contribution in [0, 0.1) is 11.7 Å². The molecule has 1 fully saturated rings. The van der Waals surface area contributed by atoms with Crippen molar-refractivity contribution in [2.75, 3.05) is 18.0 Å². The lowest BCUT2D eigenvalue weighted by Gasteiger charge is -2.31. The second-order valence-corrected chi connectivity index (χ2v) is 5.52. The molecule has 0 unspecified atom stereocenters. The maximum Gasteiger partial charge on any atom is 0.306 e. The number of anilines is 1. The highest BCUT2D eigenvalue weighted by Crippen LogP contribution is 2.21. The van der Waals surface area contributed by atoms with Gasteiger partial charge in [0.2, 0.25) is 0 Å². The lowest BCUT2D eigenvalue weighted by atomic mass is 9.97. The van der Waals surface area contributed by atoms with Gasteiger partial charge in [0.25, 0.3) is 5.56 Å². The van der Waals surface area contributed by atoms with Gasteiger partial charge in [-0.1, -0.05) is 6.07 Å². The molecule has 0 aliphatic carbocycles. The van der Waals surface area contributed by atoms with Gasteiger partial charge in [-0.25, -0.2) is 4.39 Å². The summed E-state index contributed by atoms with van der Waals surface area (Å²) in [5.41, 5.74) is 0.0112. The second kappa shape index (κ2) is 6.20. The monoisotopic (exact) mass is 317 g/mol. The van der Waals surface area contributed by atoms with Gasteiger partial charge >= 0.3 is 5.97 Å². The highest BCUT2D eigenvalue weighted by molar-refractivity contribution is 5.70. The number of hydrogen-bond acceptors (Lipinski definition) is 4. The fourth-order valence-electron chi connectivity index (χ4n) is 2.72. The summed E-state index contributed by atoms with van der Waals surface area (Å²) >= 11 is 0. The highest BCUT2D eigenvalue weighted by Gasteiger charge is 2.25. The smallest absolute Gasteiger partial charge is 0.306 e. The summed E-state index contributed by atoms with van der Waals surface area (Å²) in [6.45, 7) is 1.12. The van der Waals surface area contributed by atoms with E-state index in [4.69, 9.17) is 5.11 Å². The molecule has 1 aliphatic rings. The van der Waals surface area contributed by atoms with Crippen molar-refractivity contribution in [3.8, 4) is 5.69 Å². The molecule has 23 heavy (non-hydrogen) atoms. The molecule has 0 spiro atoms. The van der Waals surface area contributed by atoms with E-state index in [2.05, 4.69) is 5.10 Å². The van der Waals surface area contributed by atoms with Crippen LogP contribution in [0.2, 0.25) is 0 Å². The summed E-state index contributed by atoms with van der Waals surface area (Å²) in [7, 11) is 0. The van der Waals surface area contributed by atoms with E-state index in [1.807, 2.05) is 4.90 Å². The summed E-state index contributed by atoms with van der Waals surface area (Å²) in [6, 6.07) is 8.67. The number of carboxylic acids is 1. The van der Waals surface area contributed by atoms with E-state index in [0.717, 1.165) is 4.68 Å². The topological polar surface area (TPSA) is 75.4 Å². The van der Waals surface area contributed by atoms with Crippen LogP contribution in [0.4, 0.5) is 10.2 Å². The third-order valence-electron chi connectivity index (χ3n) is 4.01. The summed E-state index contributed by atoms with van der Waals surface area (Å²) < 4.78 is 14.5. The first kappa shape index (κ1) is 15.2. The molecule has 1 aromatic heterocycles. The van der Waals surface area contributed by atoms with Crippen LogP contribution < -0.4 is 10.5 Å². The van der Waals surface area contributed by atoms with Crippen LogP contribution in [-0.2, 0) is 4.79 Å². The Labute approximate surface area is 131 Å². The first-order chi connectivity index (χ1) is 11.0. The quantitative estimate of drug-likeness (QED) is 0.932. The molecule has 0 bridgehead atoms. The molecule has 120 valence electrons. The predicted molar refractivity (Wildman–Crippen MR) is 82.4 cm³/mol. The molecule has 3 rings (SSSR count). The van der Waals surface area contributed by atoms with Crippen molar-refractivity contribution in [2.45, 2.75) is 12.8 Å². The molecule has 0 saturated carbocycles. The van der Waals surface area contributed by atoms with E-state index < -0.39 is 11.8 Å². The number of halogens is 1. The third-order valence-corrected chi connectivity index (χ3v) is 4.01. The fourth-order valence-corrected chi connectivity index (χ4v) is 2.72. The Morgan fingerprint density at radius 3 is 2.61 bits per heavy atom. The lowest BCUT2D eigenvalue weighted by molar-refractivity contribution is -0.142. The van der Waals surface area contributed by atoms with Crippen LogP contribution in [-0.4, -0.2) is 33.9 Å². The zero-order valence-electron chi connectivity index (χ0n) is 12.4. The maximum atomic E-state index is 13.3. The Morgan fingerprint density at radius 2 is 1.96 bits per heavy atom. The first-order valence-electron chi connectivity index (χ1n) is 7.38. The van der Waals surface area contributed by atoms with E-state index in [0.29, 0.717) is 37.4 Å². The Kier molecular flexibility index (Phi) is 4.10. The van der Waals surface area contributed by atoms with E-state index in [1.165, 1.54) is 24.3 Å². The van der Waals surface area contributed by atoms with E-state index in [-0.39, 0.29) is 11.5 Å². The van der Waals surface area contributed by atoms with Crippen LogP contribution in [0.1, 0.15) is 12.8 Å². The minimum absolute atomic E-state index is 0.333. The predicted octanol–water partition coefficient (Wildman–Crippen LogP) is 1.67. The van der Waals surface area contributed by atoms with E-state index in [1.54, 1.807) is 12.1 Å². The third kappa shape index (κ3) is 3.23. The zero-order chi connectivity index (χ0) is 16.4. The van der Waals surface area contributed by atoms with Crippen LogP contribution in [0.3, 0.4) is 0 Å². The first-order valence-corrected chi connectivity index (χ1v) is 7.38. The number of nitrogens with zero attached hydrogens (tertiary/aromatic N) is 3. The molecule has 7 heteroatoms. The lowest BCUT2D eigenvalue weighted by Crippen LogP contribution is -2.37. The van der Waals surface area contributed by atoms with Gasteiger partial charge in [0, 0.05) is 19.2 Å². The van der Waals surface area contributed by atoms with Gasteiger partial charge in [0.15, 0.2) is 0 Å². The van der Waals surface area contributed by atoms with Crippen LogP contribution >= 0.6 is 0 Å². The number of aliphatic carboxylic acids is 1. The summed E-state index contributed by atoms with van der Waals surface area (Å²) in [4.78, 5) is 24.9. The van der Waals surface area contributed by atoms with Gasteiger partial charge < -0.3 is 10.0 Å². The molecule has 1 aliphatic heterocycles. The van der Waals surface area contributed by atoms with Crippen molar-refractivity contribution >= 4 is 11.8 Å². The van der Waals surface area contributed by atoms with Gasteiger partial charge in [0.1, 0.15) is 11.6 Å². The van der Waals surface area contributed by atoms with Gasteiger partial charge in [-0.15, -0.1) is 5.10 Å². The summed E-state index contributed by atoms with van der Waals surface area (Å²) in [6.07, 6.45) is 1.08. The number of benzene rings is 1. The van der Waals surface area contributed by atoms with Gasteiger partial charge in [0.05, 0.1) is 11.6 Å². The Balaban J connectivity index is 1.87. The molecule has 0 atom stereocenters. The van der Waals surface area contributed by atoms with Crippen LogP contribution in [0.25, 0.3) is 5.69 Å². The van der Waals surface area contributed by atoms with Gasteiger partial charge in [-0.2, -0.15) is 4.68 Å². The molecule has 0 amide bonds. The Hall–Kier alpha value is -2.70. The molecule has 1 aromatic carbocycles. The Morgan fingerprint density at radius 1 is 1.22 bits per heavy atom. The van der Waals surface area contributed by atoms with Crippen molar-refractivity contribution < 1.29 is 14.3 Å². The number of carbonyl (C=O) groups is 1. The standard InChI is InChI=1S/C16H16FN3O3/c17-12-2-1-3-13(10-12)20-15(21)5-4-14(18-20)19-8-6-11(7-9-19)16(22)23/h1-5,10-11H,6-9H2,(H,22,23). The number of aromatic nitrogens is 2. The number of hydrogen-bond donors (Lipinski definition) is 1. The molecule has 2 aromatic rings. The zero-order valence-corrected chi connectivity index (χ0v) is 12.4. The molecule has 6 nitrogen and oxygen atoms in total. The summed E-state index contributed by atoms with van der Waals surface area (Å²) in [5.74, 6) is -0.968. The average molecular weight is 317 g/mol. The Bertz CT molecular complexity index is 782. The van der Waals surface area contributed by atoms with Crippen molar-refractivity contribution in [1.29, 1.82) is 0 Å². The largest absolute Gasteiger partial charge is 0.481 e. The van der Waals surface area contributed by atoms with Crippen molar-refractivity contribution in [2.24, 2.45) is 5.92 Å². The van der Waals surface area contributed by atoms with E-state index >= 15 is 0 Å². The molecule has 1 N–H and O–H groups in total. The molecule has 0 radical (unpaired) electrons. The summed E-state index contributed by atoms with van der Waals surface area (Å²) in [5, 5.41) is 13.3. The van der Waals surface area contributed by atoms with Gasteiger partial charge in [-0.3, -0.25) is 9.59 Å². The second-order valence-electron chi connectivity index (χ2n) is 5.52. The molecular weight excluding hydrogens is 301 g/mol. The maximum absolute atomic E-state index is 13.3. The number of carboxylic acid groups (broad SMARTS) is 1. The van der Waals surface area contributed by atoms with Crippen LogP contribution in [0.5, 0.6) is 0 Å². The van der Waals surface area contributed by atoms with Crippen molar-refractivity contribution in [3.05, 3.63) is 52.6 Å². The van der Waals surface area contributed by atoms with Crippen LogP contribution in [0.15, 0.2) is 41.2 Å². The molecule has 1 saturated heterocycles. The normalized spacial score (nSPS) is 15.6. The van der Waals surface area contributed by atoms with Crippen molar-refractivity contribution in [3.63, 3.8) is 0 Å². The minimum atomic E-state index is -0.776. The van der Waals surface area contributed by atoms with Crippen molar-refractivity contribution in [1.82, 2.24) is 9.78 Å². The molecule has 2 heterocycles. The fraction of sp³-hybridized carbons (Fsp3) is 0.312. The van der Waals surface area contributed by atoms with Gasteiger partial charge in [-0.05, 0) is 37.1 Å². The average Bonchev–Trinajstić information content (AvgIpc) is 2.55. The minimum Gasteiger partial charge on any atom is -0.481 e. The SMILES string of the molecule is O=C(O)C1CCN(c2ccc(=O)n(-c3cccc(F)c3)n2)CC1. The van der Waals surface area contributed by atoms with E-state index in [9.17, 15) is 14.0 Å².